The predicted molar refractivity (Wildman–Crippen MR) is 74.5 cm³/mol. The summed E-state index contributed by atoms with van der Waals surface area (Å²) in [5.41, 5.74) is 6.95. The third kappa shape index (κ3) is 4.27. The number of para-hydroxylation sites is 1. The van der Waals surface area contributed by atoms with Crippen LogP contribution in [0.25, 0.3) is 0 Å². The maximum atomic E-state index is 12.2. The van der Waals surface area contributed by atoms with Crippen molar-refractivity contribution in [2.24, 2.45) is 5.92 Å². The molecule has 2 N–H and O–H groups in total. The summed E-state index contributed by atoms with van der Waals surface area (Å²) < 4.78 is 0. The molecule has 17 heavy (non-hydrogen) atoms. The van der Waals surface area contributed by atoms with Crippen molar-refractivity contribution < 1.29 is 4.79 Å². The molecule has 0 bridgehead atoms. The van der Waals surface area contributed by atoms with Crippen LogP contribution >= 0.6 is 12.4 Å². The van der Waals surface area contributed by atoms with Gasteiger partial charge in [-0.15, -0.1) is 12.4 Å². The van der Waals surface area contributed by atoms with Crippen LogP contribution in [-0.2, 0) is 0 Å². The normalized spacial score (nSPS) is 9.88. The Morgan fingerprint density at radius 2 is 1.94 bits per heavy atom. The van der Waals surface area contributed by atoms with E-state index in [-0.39, 0.29) is 18.3 Å². The van der Waals surface area contributed by atoms with Gasteiger partial charge in [0.1, 0.15) is 0 Å². The monoisotopic (exact) mass is 256 g/mol. The second-order valence-corrected chi connectivity index (χ2v) is 4.32. The number of amides is 1. The standard InChI is InChI=1S/C13H20N2O.ClH/c1-4-15(9-10(2)3)13(16)11-7-5-6-8-12(11)14;/h5-8,10H,4,9,14H2,1-3H3;1H. The molecule has 0 heterocycles. The SMILES string of the molecule is CCN(CC(C)C)C(=O)c1ccccc1N.Cl. The number of nitrogens with two attached hydrogens (primary N) is 1. The van der Waals surface area contributed by atoms with Crippen LogP contribution in [0.5, 0.6) is 0 Å². The van der Waals surface area contributed by atoms with E-state index in [1.165, 1.54) is 0 Å². The molecule has 1 aromatic carbocycles. The lowest BCUT2D eigenvalue weighted by Crippen LogP contribution is -2.34. The number of benzene rings is 1. The van der Waals surface area contributed by atoms with E-state index in [0.29, 0.717) is 23.7 Å². The quantitative estimate of drug-likeness (QED) is 0.842. The molecule has 0 aliphatic rings. The molecular formula is C13H21ClN2O. The minimum atomic E-state index is 0. The van der Waals surface area contributed by atoms with Gasteiger partial charge in [0, 0.05) is 18.8 Å². The molecular weight excluding hydrogens is 236 g/mol. The lowest BCUT2D eigenvalue weighted by atomic mass is 10.1. The van der Waals surface area contributed by atoms with E-state index in [1.807, 2.05) is 24.0 Å². The first-order valence-corrected chi connectivity index (χ1v) is 5.70. The van der Waals surface area contributed by atoms with Crippen LogP contribution in [0.4, 0.5) is 5.69 Å². The van der Waals surface area contributed by atoms with Crippen molar-refractivity contribution in [3.63, 3.8) is 0 Å². The minimum Gasteiger partial charge on any atom is -0.398 e. The Balaban J connectivity index is 0.00000256. The summed E-state index contributed by atoms with van der Waals surface area (Å²) in [5, 5.41) is 0. The fourth-order valence-electron chi connectivity index (χ4n) is 1.66. The molecule has 1 rings (SSSR count). The van der Waals surface area contributed by atoms with Gasteiger partial charge >= 0.3 is 0 Å². The molecule has 0 spiro atoms. The van der Waals surface area contributed by atoms with Crippen molar-refractivity contribution in [2.45, 2.75) is 20.8 Å². The molecule has 0 saturated carbocycles. The van der Waals surface area contributed by atoms with Crippen molar-refractivity contribution in [3.05, 3.63) is 29.8 Å². The molecule has 1 amide bonds. The topological polar surface area (TPSA) is 46.3 Å². The van der Waals surface area contributed by atoms with E-state index < -0.39 is 0 Å². The Hall–Kier alpha value is -1.22. The number of rotatable bonds is 4. The highest BCUT2D eigenvalue weighted by atomic mass is 35.5. The summed E-state index contributed by atoms with van der Waals surface area (Å²) >= 11 is 0. The molecule has 0 fully saturated rings. The van der Waals surface area contributed by atoms with Crippen molar-refractivity contribution >= 4 is 24.0 Å². The maximum Gasteiger partial charge on any atom is 0.255 e. The van der Waals surface area contributed by atoms with Crippen LogP contribution in [0.3, 0.4) is 0 Å². The third-order valence-electron chi connectivity index (χ3n) is 2.45. The van der Waals surface area contributed by atoms with Gasteiger partial charge in [-0.25, -0.2) is 0 Å². The average Bonchev–Trinajstić information content (AvgIpc) is 2.25. The molecule has 4 heteroatoms. The predicted octanol–water partition coefficient (Wildman–Crippen LogP) is 2.81. The van der Waals surface area contributed by atoms with Crippen molar-refractivity contribution in [1.82, 2.24) is 4.90 Å². The van der Waals surface area contributed by atoms with Gasteiger partial charge in [0.05, 0.1) is 5.56 Å². The van der Waals surface area contributed by atoms with E-state index >= 15 is 0 Å². The van der Waals surface area contributed by atoms with Gasteiger partial charge in [-0.2, -0.15) is 0 Å². The lowest BCUT2D eigenvalue weighted by Gasteiger charge is -2.23. The zero-order valence-electron chi connectivity index (χ0n) is 10.6. The largest absolute Gasteiger partial charge is 0.398 e. The number of carbonyl (C=O) groups is 1. The molecule has 0 radical (unpaired) electrons. The first kappa shape index (κ1) is 15.8. The molecule has 0 saturated heterocycles. The number of nitrogen functional groups attached to an aromatic ring is 1. The first-order valence-electron chi connectivity index (χ1n) is 5.70. The number of anilines is 1. The van der Waals surface area contributed by atoms with Crippen molar-refractivity contribution in [1.29, 1.82) is 0 Å². The van der Waals surface area contributed by atoms with Gasteiger partial charge in [0.15, 0.2) is 0 Å². The highest BCUT2D eigenvalue weighted by molar-refractivity contribution is 5.99. The number of hydrogen-bond acceptors (Lipinski definition) is 2. The van der Waals surface area contributed by atoms with Crippen LogP contribution in [0.1, 0.15) is 31.1 Å². The zero-order chi connectivity index (χ0) is 12.1. The Morgan fingerprint density at radius 3 is 2.41 bits per heavy atom. The minimum absolute atomic E-state index is 0. The number of carbonyl (C=O) groups excluding carboxylic acids is 1. The fraction of sp³-hybridized carbons (Fsp3) is 0.462. The molecule has 0 aromatic heterocycles. The van der Waals surface area contributed by atoms with E-state index in [0.717, 1.165) is 6.54 Å². The Labute approximate surface area is 109 Å². The molecule has 1 aromatic rings. The summed E-state index contributed by atoms with van der Waals surface area (Å²) in [7, 11) is 0. The summed E-state index contributed by atoms with van der Waals surface area (Å²) in [6.07, 6.45) is 0. The van der Waals surface area contributed by atoms with Crippen LogP contribution < -0.4 is 5.73 Å². The first-order chi connectivity index (χ1) is 7.56. The molecule has 96 valence electrons. The molecule has 0 aliphatic heterocycles. The van der Waals surface area contributed by atoms with E-state index in [2.05, 4.69) is 13.8 Å². The second kappa shape index (κ2) is 7.17. The summed E-state index contributed by atoms with van der Waals surface area (Å²) in [6.45, 7) is 7.67. The second-order valence-electron chi connectivity index (χ2n) is 4.32. The summed E-state index contributed by atoms with van der Waals surface area (Å²) in [6, 6.07) is 7.22. The maximum absolute atomic E-state index is 12.2. The Kier molecular flexibility index (Phi) is 6.66. The summed E-state index contributed by atoms with van der Waals surface area (Å²) in [5.74, 6) is 0.489. The average molecular weight is 257 g/mol. The van der Waals surface area contributed by atoms with Gasteiger partial charge in [0.25, 0.3) is 5.91 Å². The van der Waals surface area contributed by atoms with Gasteiger partial charge in [-0.05, 0) is 25.0 Å². The van der Waals surface area contributed by atoms with Gasteiger partial charge in [0.2, 0.25) is 0 Å². The van der Waals surface area contributed by atoms with Crippen molar-refractivity contribution in [3.8, 4) is 0 Å². The van der Waals surface area contributed by atoms with E-state index in [1.54, 1.807) is 12.1 Å². The molecule has 0 unspecified atom stereocenters. The molecule has 0 aliphatic carbocycles. The lowest BCUT2D eigenvalue weighted by molar-refractivity contribution is 0.0747. The summed E-state index contributed by atoms with van der Waals surface area (Å²) in [4.78, 5) is 14.0. The van der Waals surface area contributed by atoms with Crippen LogP contribution in [0.15, 0.2) is 24.3 Å². The van der Waals surface area contributed by atoms with Gasteiger partial charge in [-0.3, -0.25) is 4.79 Å². The smallest absolute Gasteiger partial charge is 0.255 e. The Morgan fingerprint density at radius 1 is 1.35 bits per heavy atom. The third-order valence-corrected chi connectivity index (χ3v) is 2.45. The van der Waals surface area contributed by atoms with E-state index in [9.17, 15) is 4.79 Å². The van der Waals surface area contributed by atoms with Crippen molar-refractivity contribution in [2.75, 3.05) is 18.8 Å². The van der Waals surface area contributed by atoms with E-state index in [4.69, 9.17) is 5.73 Å². The van der Waals surface area contributed by atoms with Crippen LogP contribution in [0.2, 0.25) is 0 Å². The zero-order valence-corrected chi connectivity index (χ0v) is 11.5. The highest BCUT2D eigenvalue weighted by Gasteiger charge is 2.16. The molecule has 3 nitrogen and oxygen atoms in total. The number of nitrogens with zero attached hydrogens (tertiary/aromatic N) is 1. The van der Waals surface area contributed by atoms with Crippen LogP contribution in [0, 0.1) is 5.92 Å². The number of hydrogen-bond donors (Lipinski definition) is 1. The van der Waals surface area contributed by atoms with Gasteiger partial charge < -0.3 is 10.6 Å². The molecule has 0 atom stereocenters. The fourth-order valence-corrected chi connectivity index (χ4v) is 1.66. The highest BCUT2D eigenvalue weighted by Crippen LogP contribution is 2.14. The van der Waals surface area contributed by atoms with Crippen LogP contribution in [-0.4, -0.2) is 23.9 Å². The van der Waals surface area contributed by atoms with Gasteiger partial charge in [-0.1, -0.05) is 26.0 Å². The Bertz CT molecular complexity index is 366. The number of halogens is 1.